The molecular weight excluding hydrogens is 140 g/mol. The third kappa shape index (κ3) is 1.09. The highest BCUT2D eigenvalue weighted by atomic mass is 16.3. The van der Waals surface area contributed by atoms with Gasteiger partial charge in [-0.1, -0.05) is 0 Å². The topological polar surface area (TPSA) is 40.5 Å². The van der Waals surface area contributed by atoms with Gasteiger partial charge in [-0.2, -0.15) is 0 Å². The van der Waals surface area contributed by atoms with Crippen LogP contribution in [0.15, 0.2) is 0 Å². The maximum Gasteiger partial charge on any atom is 0.0462 e. The van der Waals surface area contributed by atoms with Crippen molar-refractivity contribution in [1.82, 2.24) is 0 Å². The zero-order valence-electron chi connectivity index (χ0n) is 6.74. The zero-order chi connectivity index (χ0) is 7.84. The van der Waals surface area contributed by atoms with Crippen molar-refractivity contribution in [3.63, 3.8) is 0 Å². The van der Waals surface area contributed by atoms with Crippen molar-refractivity contribution in [1.29, 1.82) is 0 Å². The molecule has 2 N–H and O–H groups in total. The summed E-state index contributed by atoms with van der Waals surface area (Å²) >= 11 is 0. The van der Waals surface area contributed by atoms with E-state index >= 15 is 0 Å². The van der Waals surface area contributed by atoms with Crippen molar-refractivity contribution < 1.29 is 10.2 Å². The maximum atomic E-state index is 8.98. The van der Waals surface area contributed by atoms with Crippen molar-refractivity contribution in [3.05, 3.63) is 0 Å². The minimum Gasteiger partial charge on any atom is -0.396 e. The molecule has 0 saturated heterocycles. The Hall–Kier alpha value is -0.0800. The lowest BCUT2D eigenvalue weighted by Crippen LogP contribution is -2.22. The Balaban J connectivity index is 1.97. The molecule has 0 amide bonds. The summed E-state index contributed by atoms with van der Waals surface area (Å²) in [5.41, 5.74) is 0. The van der Waals surface area contributed by atoms with Gasteiger partial charge in [0.05, 0.1) is 0 Å². The van der Waals surface area contributed by atoms with E-state index in [1.807, 2.05) is 0 Å². The highest BCUT2D eigenvalue weighted by molar-refractivity contribution is 4.94. The predicted molar refractivity (Wildman–Crippen MR) is 42.0 cm³/mol. The molecule has 0 aromatic rings. The molecule has 0 aromatic heterocycles. The second kappa shape index (κ2) is 2.76. The molecule has 2 aliphatic carbocycles. The number of aliphatic hydroxyl groups excluding tert-OH is 2. The molecule has 0 aromatic carbocycles. The Morgan fingerprint density at radius 3 is 1.55 bits per heavy atom. The third-order valence-corrected chi connectivity index (χ3v) is 3.62. The monoisotopic (exact) mass is 156 g/mol. The summed E-state index contributed by atoms with van der Waals surface area (Å²) in [4.78, 5) is 0. The first-order chi connectivity index (χ1) is 5.35. The van der Waals surface area contributed by atoms with Crippen LogP contribution in [-0.2, 0) is 0 Å². The minimum absolute atomic E-state index is 0.360. The molecule has 2 saturated carbocycles. The van der Waals surface area contributed by atoms with Crippen molar-refractivity contribution >= 4 is 0 Å². The maximum absolute atomic E-state index is 8.98. The van der Waals surface area contributed by atoms with E-state index in [1.54, 1.807) is 0 Å². The fourth-order valence-corrected chi connectivity index (χ4v) is 2.96. The van der Waals surface area contributed by atoms with Gasteiger partial charge in [0.25, 0.3) is 0 Å². The zero-order valence-corrected chi connectivity index (χ0v) is 6.74. The molecule has 0 radical (unpaired) electrons. The Kier molecular flexibility index (Phi) is 1.90. The average Bonchev–Trinajstić information content (AvgIpc) is 2.60. The Morgan fingerprint density at radius 1 is 0.818 bits per heavy atom. The summed E-state index contributed by atoms with van der Waals surface area (Å²) in [6.45, 7) is 0.721. The van der Waals surface area contributed by atoms with Crippen LogP contribution in [0, 0.1) is 23.7 Å². The van der Waals surface area contributed by atoms with Crippen LogP contribution in [-0.4, -0.2) is 23.4 Å². The second-order valence-electron chi connectivity index (χ2n) is 4.11. The van der Waals surface area contributed by atoms with Gasteiger partial charge in [0.2, 0.25) is 0 Å². The lowest BCUT2D eigenvalue weighted by Gasteiger charge is -2.24. The van der Waals surface area contributed by atoms with Crippen LogP contribution in [0.1, 0.15) is 19.3 Å². The molecule has 0 aliphatic heterocycles. The molecule has 0 heterocycles. The largest absolute Gasteiger partial charge is 0.396 e. The van der Waals surface area contributed by atoms with Crippen LogP contribution in [0.2, 0.25) is 0 Å². The van der Waals surface area contributed by atoms with Crippen LogP contribution in [0.4, 0.5) is 0 Å². The number of aliphatic hydroxyl groups is 2. The SMILES string of the molecule is OC[C@H]1CC2CC1C[C@@H]2CO. The predicted octanol–water partition coefficient (Wildman–Crippen LogP) is 0.633. The number of hydrogen-bond donors (Lipinski definition) is 2. The fraction of sp³-hybridized carbons (Fsp3) is 1.00. The van der Waals surface area contributed by atoms with Crippen molar-refractivity contribution in [2.24, 2.45) is 23.7 Å². The number of rotatable bonds is 2. The lowest BCUT2D eigenvalue weighted by molar-refractivity contribution is 0.122. The molecular formula is C9H16O2. The molecule has 2 rings (SSSR count). The molecule has 4 atom stereocenters. The second-order valence-corrected chi connectivity index (χ2v) is 4.11. The highest BCUT2D eigenvalue weighted by Crippen LogP contribution is 2.51. The summed E-state index contributed by atoms with van der Waals surface area (Å²) in [6.07, 6.45) is 3.58. The fourth-order valence-electron chi connectivity index (χ4n) is 2.96. The Bertz CT molecular complexity index is 130. The standard InChI is InChI=1S/C9H16O2/c10-4-8-2-6-1-7(8)3-9(6)5-11/h6-11H,1-5H2/t6?,7?,8-,9-/m1/s1. The first-order valence-electron chi connectivity index (χ1n) is 4.57. The average molecular weight is 156 g/mol. The van der Waals surface area contributed by atoms with Crippen LogP contribution >= 0.6 is 0 Å². The smallest absolute Gasteiger partial charge is 0.0462 e. The molecule has 2 heteroatoms. The van der Waals surface area contributed by atoms with Gasteiger partial charge < -0.3 is 10.2 Å². The molecule has 2 aliphatic rings. The van der Waals surface area contributed by atoms with E-state index in [0.29, 0.717) is 25.0 Å². The van der Waals surface area contributed by atoms with E-state index in [2.05, 4.69) is 0 Å². The van der Waals surface area contributed by atoms with E-state index in [4.69, 9.17) is 10.2 Å². The highest BCUT2D eigenvalue weighted by Gasteiger charge is 2.44. The molecule has 2 fully saturated rings. The van der Waals surface area contributed by atoms with E-state index in [-0.39, 0.29) is 0 Å². The van der Waals surface area contributed by atoms with E-state index < -0.39 is 0 Å². The summed E-state index contributed by atoms with van der Waals surface area (Å²) < 4.78 is 0. The molecule has 2 unspecified atom stereocenters. The lowest BCUT2D eigenvalue weighted by atomic mass is 9.83. The quantitative estimate of drug-likeness (QED) is 0.615. The van der Waals surface area contributed by atoms with E-state index in [1.165, 1.54) is 6.42 Å². The van der Waals surface area contributed by atoms with E-state index in [9.17, 15) is 0 Å². The number of fused-ring (bicyclic) bond motifs is 2. The molecule has 64 valence electrons. The molecule has 2 bridgehead atoms. The third-order valence-electron chi connectivity index (χ3n) is 3.62. The minimum atomic E-state index is 0.360. The van der Waals surface area contributed by atoms with Gasteiger partial charge in [-0.25, -0.2) is 0 Å². The van der Waals surface area contributed by atoms with Crippen LogP contribution in [0.5, 0.6) is 0 Å². The van der Waals surface area contributed by atoms with E-state index in [0.717, 1.165) is 24.7 Å². The molecule has 0 spiro atoms. The summed E-state index contributed by atoms with van der Waals surface area (Å²) in [6, 6.07) is 0. The Morgan fingerprint density at radius 2 is 1.27 bits per heavy atom. The van der Waals surface area contributed by atoms with Crippen LogP contribution in [0.25, 0.3) is 0 Å². The van der Waals surface area contributed by atoms with Gasteiger partial charge >= 0.3 is 0 Å². The van der Waals surface area contributed by atoms with Crippen molar-refractivity contribution in [3.8, 4) is 0 Å². The van der Waals surface area contributed by atoms with Gasteiger partial charge in [0.15, 0.2) is 0 Å². The normalized spacial score (nSPS) is 48.5. The van der Waals surface area contributed by atoms with Crippen LogP contribution < -0.4 is 0 Å². The Labute approximate surface area is 67.2 Å². The van der Waals surface area contributed by atoms with Gasteiger partial charge in [0, 0.05) is 13.2 Å². The summed E-state index contributed by atoms with van der Waals surface area (Å²) in [7, 11) is 0. The van der Waals surface area contributed by atoms with Gasteiger partial charge in [-0.05, 0) is 42.9 Å². The summed E-state index contributed by atoms with van der Waals surface area (Å²) in [5, 5.41) is 18.0. The van der Waals surface area contributed by atoms with Crippen molar-refractivity contribution in [2.45, 2.75) is 19.3 Å². The first-order valence-corrected chi connectivity index (χ1v) is 4.57. The number of hydrogen-bond acceptors (Lipinski definition) is 2. The van der Waals surface area contributed by atoms with Gasteiger partial charge in [-0.15, -0.1) is 0 Å². The van der Waals surface area contributed by atoms with Crippen LogP contribution in [0.3, 0.4) is 0 Å². The van der Waals surface area contributed by atoms with Crippen molar-refractivity contribution in [2.75, 3.05) is 13.2 Å². The molecule has 2 nitrogen and oxygen atoms in total. The molecule has 11 heavy (non-hydrogen) atoms. The van der Waals surface area contributed by atoms with Gasteiger partial charge in [-0.3, -0.25) is 0 Å². The summed E-state index contributed by atoms with van der Waals surface area (Å²) in [5.74, 6) is 2.56. The first kappa shape index (κ1) is 7.56. The van der Waals surface area contributed by atoms with Gasteiger partial charge in [0.1, 0.15) is 0 Å².